The third-order valence-electron chi connectivity index (χ3n) is 0.989. The number of hydrogen-bond donors (Lipinski definition) is 3. The van der Waals surface area contributed by atoms with Crippen LogP contribution in [0.2, 0.25) is 0 Å². The summed E-state index contributed by atoms with van der Waals surface area (Å²) < 4.78 is 28.3. The van der Waals surface area contributed by atoms with Gasteiger partial charge in [0.1, 0.15) is 0 Å². The van der Waals surface area contributed by atoms with Gasteiger partial charge in [-0.05, 0) is 6.42 Å². The zero-order valence-electron chi connectivity index (χ0n) is 5.48. The number of rotatable bonds is 3. The monoisotopic (exact) mass is 170 g/mol. The van der Waals surface area contributed by atoms with Gasteiger partial charge in [0.2, 0.25) is 0 Å². The van der Waals surface area contributed by atoms with Crippen LogP contribution in [0.1, 0.15) is 19.8 Å². The molecular formula is C4H10O5S. The van der Waals surface area contributed by atoms with Crippen LogP contribution in [-0.4, -0.2) is 28.3 Å². The largest absolute Gasteiger partial charge is 0.352 e. The minimum atomic E-state index is -4.75. The van der Waals surface area contributed by atoms with Crippen LogP contribution in [0.3, 0.4) is 0 Å². The highest BCUT2D eigenvalue weighted by Crippen LogP contribution is 2.14. The molecule has 0 aromatic carbocycles. The Balaban J connectivity index is 4.42. The van der Waals surface area contributed by atoms with Crippen LogP contribution in [-0.2, 0) is 10.1 Å². The molecule has 0 aromatic heterocycles. The summed E-state index contributed by atoms with van der Waals surface area (Å²) in [4.78, 5) is 0. The van der Waals surface area contributed by atoms with E-state index in [9.17, 15) is 8.42 Å². The van der Waals surface area contributed by atoms with Crippen LogP contribution in [0.15, 0.2) is 0 Å². The van der Waals surface area contributed by atoms with Crippen LogP contribution in [0, 0.1) is 0 Å². The average molecular weight is 170 g/mol. The van der Waals surface area contributed by atoms with E-state index in [2.05, 4.69) is 0 Å². The van der Waals surface area contributed by atoms with Crippen LogP contribution in [0.25, 0.3) is 0 Å². The van der Waals surface area contributed by atoms with E-state index in [1.165, 1.54) is 0 Å². The first kappa shape index (κ1) is 9.83. The number of aliphatic hydroxyl groups is 2. The molecule has 0 amide bonds. The fourth-order valence-electron chi connectivity index (χ4n) is 0.455. The first-order chi connectivity index (χ1) is 4.31. The van der Waals surface area contributed by atoms with Crippen molar-refractivity contribution in [3.63, 3.8) is 0 Å². The molecule has 6 heteroatoms. The maximum atomic E-state index is 10.1. The maximum absolute atomic E-state index is 10.1. The lowest BCUT2D eigenvalue weighted by Gasteiger charge is -2.15. The predicted molar refractivity (Wildman–Crippen MR) is 33.6 cm³/mol. The Bertz CT molecular complexity index is 192. The summed E-state index contributed by atoms with van der Waals surface area (Å²) in [5.41, 5.74) is 0. The molecule has 0 aliphatic carbocycles. The van der Waals surface area contributed by atoms with E-state index >= 15 is 0 Å². The molecule has 3 N–H and O–H groups in total. The van der Waals surface area contributed by atoms with Gasteiger partial charge in [0.05, 0.1) is 0 Å². The molecule has 0 spiro atoms. The van der Waals surface area contributed by atoms with Crippen molar-refractivity contribution in [2.75, 3.05) is 0 Å². The van der Waals surface area contributed by atoms with Gasteiger partial charge in [-0.3, -0.25) is 4.55 Å². The molecule has 0 aliphatic heterocycles. The predicted octanol–water partition coefficient (Wildman–Crippen LogP) is -0.687. The van der Waals surface area contributed by atoms with Crippen molar-refractivity contribution in [3.05, 3.63) is 0 Å². The van der Waals surface area contributed by atoms with Crippen molar-refractivity contribution in [1.82, 2.24) is 0 Å². The third kappa shape index (κ3) is 2.22. The summed E-state index contributed by atoms with van der Waals surface area (Å²) in [5.74, 6) is 0. The van der Waals surface area contributed by atoms with Crippen molar-refractivity contribution >= 4 is 10.1 Å². The Hall–Kier alpha value is -0.170. The van der Waals surface area contributed by atoms with Gasteiger partial charge in [0.15, 0.2) is 0 Å². The van der Waals surface area contributed by atoms with Gasteiger partial charge in [-0.15, -0.1) is 0 Å². The highest BCUT2D eigenvalue weighted by Gasteiger charge is 2.37. The molecule has 0 fully saturated rings. The highest BCUT2D eigenvalue weighted by molar-refractivity contribution is 7.86. The van der Waals surface area contributed by atoms with E-state index < -0.39 is 21.7 Å². The third-order valence-corrected chi connectivity index (χ3v) is 2.02. The van der Waals surface area contributed by atoms with E-state index in [0.29, 0.717) is 0 Å². The van der Waals surface area contributed by atoms with Gasteiger partial charge >= 0.3 is 10.1 Å². The summed E-state index contributed by atoms with van der Waals surface area (Å²) in [6.45, 7) is 1.56. The van der Waals surface area contributed by atoms with Crippen LogP contribution < -0.4 is 0 Å². The van der Waals surface area contributed by atoms with E-state index in [-0.39, 0.29) is 6.42 Å². The van der Waals surface area contributed by atoms with E-state index in [4.69, 9.17) is 14.8 Å². The average Bonchev–Trinajstić information content (AvgIpc) is 1.61. The SMILES string of the molecule is CCCC(O)(O)S(=O)(=O)O. The normalized spacial score (nSPS) is 13.6. The van der Waals surface area contributed by atoms with Gasteiger partial charge in [0.25, 0.3) is 5.12 Å². The fraction of sp³-hybridized carbons (Fsp3) is 1.00. The minimum Gasteiger partial charge on any atom is -0.352 e. The molecule has 0 heterocycles. The molecule has 0 unspecified atom stereocenters. The Morgan fingerprint density at radius 2 is 1.80 bits per heavy atom. The Morgan fingerprint density at radius 1 is 1.40 bits per heavy atom. The molecule has 0 radical (unpaired) electrons. The summed E-state index contributed by atoms with van der Waals surface area (Å²) in [6, 6.07) is 0. The Labute approximate surface area is 59.1 Å². The van der Waals surface area contributed by atoms with Crippen molar-refractivity contribution in [1.29, 1.82) is 0 Å². The minimum absolute atomic E-state index is 0.257. The first-order valence-corrected chi connectivity index (χ1v) is 4.17. The summed E-state index contributed by atoms with van der Waals surface area (Å²) in [5, 5.41) is 14.2. The molecule has 0 aliphatic rings. The summed E-state index contributed by atoms with van der Waals surface area (Å²) in [7, 11) is -4.75. The standard InChI is InChI=1S/C4H10O5S/c1-2-3-4(5,6)10(7,8)9/h5-6H,2-3H2,1H3,(H,7,8,9). The van der Waals surface area contributed by atoms with Crippen molar-refractivity contribution in [2.24, 2.45) is 0 Å². The van der Waals surface area contributed by atoms with E-state index in [0.717, 1.165) is 0 Å². The summed E-state index contributed by atoms with van der Waals surface area (Å²) >= 11 is 0. The molecule has 0 atom stereocenters. The Kier molecular flexibility index (Phi) is 2.78. The lowest BCUT2D eigenvalue weighted by Crippen LogP contribution is -2.37. The van der Waals surface area contributed by atoms with Gasteiger partial charge in [-0.25, -0.2) is 0 Å². The van der Waals surface area contributed by atoms with Gasteiger partial charge in [0, 0.05) is 6.42 Å². The molecule has 0 aromatic rings. The van der Waals surface area contributed by atoms with E-state index in [1.54, 1.807) is 6.92 Å². The molecule has 5 nitrogen and oxygen atoms in total. The molecule has 62 valence electrons. The highest BCUT2D eigenvalue weighted by atomic mass is 32.2. The quantitative estimate of drug-likeness (QED) is 0.385. The van der Waals surface area contributed by atoms with Crippen LogP contribution in [0.5, 0.6) is 0 Å². The second-order valence-electron chi connectivity index (χ2n) is 1.97. The smallest absolute Gasteiger partial charge is 0.321 e. The lowest BCUT2D eigenvalue weighted by atomic mass is 10.3. The second kappa shape index (κ2) is 2.83. The van der Waals surface area contributed by atoms with Crippen LogP contribution in [0.4, 0.5) is 0 Å². The van der Waals surface area contributed by atoms with Gasteiger partial charge < -0.3 is 10.2 Å². The van der Waals surface area contributed by atoms with Crippen LogP contribution >= 0.6 is 0 Å². The van der Waals surface area contributed by atoms with Crippen molar-refractivity contribution < 1.29 is 23.2 Å². The Morgan fingerprint density at radius 3 is 1.90 bits per heavy atom. The molecular weight excluding hydrogens is 160 g/mol. The van der Waals surface area contributed by atoms with Crippen molar-refractivity contribution in [3.8, 4) is 0 Å². The first-order valence-electron chi connectivity index (χ1n) is 2.73. The molecule has 0 saturated carbocycles. The van der Waals surface area contributed by atoms with Gasteiger partial charge in [-0.1, -0.05) is 6.92 Å². The van der Waals surface area contributed by atoms with Gasteiger partial charge in [-0.2, -0.15) is 8.42 Å². The zero-order chi connectivity index (χ0) is 8.41. The lowest BCUT2D eigenvalue weighted by molar-refractivity contribution is -0.0962. The fourth-order valence-corrected chi connectivity index (χ4v) is 0.917. The molecule has 0 bridgehead atoms. The topological polar surface area (TPSA) is 94.8 Å². The second-order valence-corrected chi connectivity index (χ2v) is 3.57. The number of hydrogen-bond acceptors (Lipinski definition) is 4. The molecule has 10 heavy (non-hydrogen) atoms. The molecule has 0 rings (SSSR count). The maximum Gasteiger partial charge on any atom is 0.321 e. The molecule has 0 saturated heterocycles. The van der Waals surface area contributed by atoms with Crippen molar-refractivity contribution in [2.45, 2.75) is 24.9 Å². The zero-order valence-corrected chi connectivity index (χ0v) is 6.30. The van der Waals surface area contributed by atoms with E-state index in [1.807, 2.05) is 0 Å². The summed E-state index contributed by atoms with van der Waals surface area (Å²) in [6.07, 6.45) is -0.140.